The van der Waals surface area contributed by atoms with Gasteiger partial charge in [-0.05, 0) is 141 Å². The molecule has 0 unspecified atom stereocenters. The van der Waals surface area contributed by atoms with Crippen molar-refractivity contribution < 1.29 is 5.11 Å². The highest BCUT2D eigenvalue weighted by Crippen LogP contribution is 2.44. The first-order chi connectivity index (χ1) is 30.9. The maximum atomic E-state index is 12.2. The van der Waals surface area contributed by atoms with Crippen molar-refractivity contribution in [2.24, 2.45) is 0 Å². The fraction of sp³-hybridized carbons (Fsp3) is 0.200. The van der Waals surface area contributed by atoms with Crippen molar-refractivity contribution in [3.8, 4) is 78.6 Å². The van der Waals surface area contributed by atoms with Gasteiger partial charge in [0.1, 0.15) is 11.6 Å². The van der Waals surface area contributed by atoms with E-state index in [4.69, 9.17) is 9.97 Å². The van der Waals surface area contributed by atoms with Crippen LogP contribution in [-0.4, -0.2) is 19.6 Å². The Labute approximate surface area is 378 Å². The summed E-state index contributed by atoms with van der Waals surface area (Å²) in [6, 6.07) is 58.9. The zero-order valence-corrected chi connectivity index (χ0v) is 37.8. The Morgan fingerprint density at radius 3 is 1.86 bits per heavy atom. The van der Waals surface area contributed by atoms with E-state index in [0.717, 1.165) is 104 Å². The molecule has 1 N–H and O–H groups in total. The molecule has 0 fully saturated rings. The topological polar surface area (TPSA) is 50.9 Å². The van der Waals surface area contributed by atoms with Gasteiger partial charge in [0.2, 0.25) is 0 Å². The summed E-state index contributed by atoms with van der Waals surface area (Å²) in [5.74, 6) is 1.08. The van der Waals surface area contributed by atoms with E-state index in [0.29, 0.717) is 5.75 Å². The van der Waals surface area contributed by atoms with Gasteiger partial charge in [0.05, 0.1) is 28.0 Å². The smallest absolute Gasteiger partial charge is 0.149 e. The Kier molecular flexibility index (Phi) is 10.4. The minimum Gasteiger partial charge on any atom is -0.507 e. The number of hydrogen-bond donors (Lipinski definition) is 1. The molecular formula is C60H55N3O. The molecule has 0 saturated heterocycles. The van der Waals surface area contributed by atoms with Crippen LogP contribution in [0.15, 0.2) is 170 Å². The second kappa shape index (κ2) is 16.3. The fourth-order valence-corrected chi connectivity index (χ4v) is 9.41. The molecule has 4 heteroatoms. The van der Waals surface area contributed by atoms with Crippen LogP contribution in [-0.2, 0) is 23.7 Å². The number of nitrogens with zero attached hydrogens (tertiary/aromatic N) is 3. The van der Waals surface area contributed by atoms with Crippen LogP contribution in [0.5, 0.6) is 5.75 Å². The van der Waals surface area contributed by atoms with Crippen LogP contribution in [0, 0.1) is 0 Å². The van der Waals surface area contributed by atoms with E-state index in [1.807, 2.05) is 6.20 Å². The molecule has 7 aromatic carbocycles. The quantitative estimate of drug-likeness (QED) is 0.174. The average Bonchev–Trinajstić information content (AvgIpc) is 3.71. The highest BCUT2D eigenvalue weighted by molar-refractivity contribution is 5.98. The van der Waals surface area contributed by atoms with Gasteiger partial charge in [-0.25, -0.2) is 4.98 Å². The van der Waals surface area contributed by atoms with Crippen molar-refractivity contribution >= 4 is 11.0 Å². The normalized spacial score (nSPS) is 13.0. The van der Waals surface area contributed by atoms with Crippen molar-refractivity contribution in [2.75, 3.05) is 0 Å². The Balaban J connectivity index is 1.17. The molecule has 0 spiro atoms. The molecular weight excluding hydrogens is 779 g/mol. The molecule has 2 heterocycles. The highest BCUT2D eigenvalue weighted by Gasteiger charge is 2.27. The molecule has 4 nitrogen and oxygen atoms in total. The summed E-state index contributed by atoms with van der Waals surface area (Å²) >= 11 is 0. The maximum Gasteiger partial charge on any atom is 0.149 e. The van der Waals surface area contributed by atoms with Crippen molar-refractivity contribution in [1.82, 2.24) is 14.5 Å². The largest absolute Gasteiger partial charge is 0.507 e. The number of aryl methyl sites for hydroxylation is 1. The number of pyridine rings is 1. The van der Waals surface area contributed by atoms with Crippen LogP contribution < -0.4 is 0 Å². The van der Waals surface area contributed by atoms with Crippen LogP contribution in [0.3, 0.4) is 0 Å². The van der Waals surface area contributed by atoms with E-state index >= 15 is 0 Å². The molecule has 0 aliphatic heterocycles. The van der Waals surface area contributed by atoms with Gasteiger partial charge in [-0.15, -0.1) is 0 Å². The predicted molar refractivity (Wildman–Crippen MR) is 267 cm³/mol. The molecule has 0 radical (unpaired) electrons. The molecule has 1 aliphatic rings. The summed E-state index contributed by atoms with van der Waals surface area (Å²) in [4.78, 5) is 10.6. The van der Waals surface area contributed by atoms with Crippen LogP contribution in [0.1, 0.15) is 76.6 Å². The van der Waals surface area contributed by atoms with Crippen LogP contribution in [0.25, 0.3) is 83.9 Å². The lowest BCUT2D eigenvalue weighted by Gasteiger charge is -2.23. The number of para-hydroxylation sites is 1. The zero-order valence-electron chi connectivity index (χ0n) is 37.8. The number of phenols is 1. The Morgan fingerprint density at radius 2 is 1.14 bits per heavy atom. The lowest BCUT2D eigenvalue weighted by atomic mass is 9.83. The summed E-state index contributed by atoms with van der Waals surface area (Å²) in [6.45, 7) is 13.6. The van der Waals surface area contributed by atoms with E-state index in [9.17, 15) is 5.11 Å². The second-order valence-electron chi connectivity index (χ2n) is 19.5. The predicted octanol–water partition coefficient (Wildman–Crippen LogP) is 15.6. The van der Waals surface area contributed by atoms with Gasteiger partial charge in [0, 0.05) is 22.9 Å². The lowest BCUT2D eigenvalue weighted by Crippen LogP contribution is -2.12. The number of fused-ring (bicyclic) bond motifs is 2. The molecule has 0 amide bonds. The third kappa shape index (κ3) is 7.72. The molecule has 2 aromatic heterocycles. The Hall–Kier alpha value is -7.04. The van der Waals surface area contributed by atoms with Crippen molar-refractivity contribution in [2.45, 2.75) is 78.1 Å². The summed E-state index contributed by atoms with van der Waals surface area (Å²) in [7, 11) is 0. The van der Waals surface area contributed by atoms with Gasteiger partial charge < -0.3 is 5.11 Å². The van der Waals surface area contributed by atoms with Gasteiger partial charge in [-0.3, -0.25) is 9.55 Å². The Morgan fingerprint density at radius 1 is 0.484 bits per heavy atom. The molecule has 0 saturated carbocycles. The SMILES string of the molecule is CC(C)(C)c1cc(-c2cc(-c3ccc(-c4ccccc4)cc3)ccn2)cc(-c2cccc3c2nc(-c2ccc4c(c2O)CCCC4)n3-c2ccc(C(C)(C)C)cc2-c2ccccc2)c1. The first-order valence-electron chi connectivity index (χ1n) is 22.7. The fourth-order valence-electron chi connectivity index (χ4n) is 9.41. The standard InChI is InChI=1S/C60H55N3O/c1-59(2,3)47-29-31-54(52(38-47)42-18-11-8-12-19-42)63-55-23-15-22-49(56(55)62-58(63)51-30-28-43-20-13-14-21-50(43)57(51)64)45-34-46(36-48(35-45)60(4,5)6)53-37-44(32-33-61-53)41-26-24-40(25-27-41)39-16-9-7-10-17-39/h7-12,15-19,22-38,64H,13-14,20-21H2,1-6H3. The van der Waals surface area contributed by atoms with Crippen LogP contribution in [0.4, 0.5) is 0 Å². The number of phenolic OH excluding ortho intramolecular Hbond substituents is 1. The number of aromatic hydroxyl groups is 1. The van der Waals surface area contributed by atoms with Gasteiger partial charge in [-0.2, -0.15) is 0 Å². The van der Waals surface area contributed by atoms with E-state index in [2.05, 4.69) is 210 Å². The minimum absolute atomic E-state index is 0.0526. The van der Waals surface area contributed by atoms with Crippen LogP contribution >= 0.6 is 0 Å². The van der Waals surface area contributed by atoms with Gasteiger partial charge in [-0.1, -0.05) is 157 Å². The summed E-state index contributed by atoms with van der Waals surface area (Å²) in [5.41, 5.74) is 19.2. The monoisotopic (exact) mass is 833 g/mol. The van der Waals surface area contributed by atoms with Crippen molar-refractivity contribution in [1.29, 1.82) is 0 Å². The van der Waals surface area contributed by atoms with Gasteiger partial charge in [0.15, 0.2) is 0 Å². The molecule has 316 valence electrons. The van der Waals surface area contributed by atoms with Crippen LogP contribution in [0.2, 0.25) is 0 Å². The number of imidazole rings is 1. The van der Waals surface area contributed by atoms with Crippen molar-refractivity contribution in [3.05, 3.63) is 192 Å². The first kappa shape index (κ1) is 41.0. The number of benzene rings is 7. The van der Waals surface area contributed by atoms with Gasteiger partial charge in [0.25, 0.3) is 0 Å². The van der Waals surface area contributed by atoms with E-state index in [1.165, 1.54) is 27.8 Å². The van der Waals surface area contributed by atoms with E-state index in [-0.39, 0.29) is 10.8 Å². The highest BCUT2D eigenvalue weighted by atomic mass is 16.3. The summed E-state index contributed by atoms with van der Waals surface area (Å²) in [6.07, 6.45) is 6.00. The van der Waals surface area contributed by atoms with E-state index in [1.54, 1.807) is 0 Å². The first-order valence-corrected chi connectivity index (χ1v) is 22.7. The minimum atomic E-state index is -0.137. The second-order valence-corrected chi connectivity index (χ2v) is 19.5. The molecule has 0 atom stereocenters. The third-order valence-corrected chi connectivity index (χ3v) is 13.1. The van der Waals surface area contributed by atoms with Crippen molar-refractivity contribution in [3.63, 3.8) is 0 Å². The molecule has 0 bridgehead atoms. The number of aromatic nitrogens is 3. The third-order valence-electron chi connectivity index (χ3n) is 13.1. The maximum absolute atomic E-state index is 12.2. The summed E-state index contributed by atoms with van der Waals surface area (Å²) < 4.78 is 2.29. The van der Waals surface area contributed by atoms with E-state index < -0.39 is 0 Å². The summed E-state index contributed by atoms with van der Waals surface area (Å²) in [5, 5.41) is 12.2. The average molecular weight is 834 g/mol. The molecule has 1 aliphatic carbocycles. The number of rotatable bonds is 7. The Bertz CT molecular complexity index is 3160. The lowest BCUT2D eigenvalue weighted by molar-refractivity contribution is 0.463. The van der Waals surface area contributed by atoms with Gasteiger partial charge >= 0.3 is 0 Å². The molecule has 64 heavy (non-hydrogen) atoms. The number of hydrogen-bond acceptors (Lipinski definition) is 3. The zero-order chi connectivity index (χ0) is 44.2. The molecule has 9 aromatic rings. The molecule has 10 rings (SSSR count).